The van der Waals surface area contributed by atoms with E-state index in [9.17, 15) is 33.9 Å². The number of carbonyl (C=O) groups excluding carboxylic acids is 5. The number of aromatic nitrogens is 3. The molecule has 102 heavy (non-hydrogen) atoms. The molecule has 4 amide bonds. The minimum atomic E-state index is -1.60. The van der Waals surface area contributed by atoms with Crippen LogP contribution in [0.5, 0.6) is 34.5 Å². The normalized spacial score (nSPS) is 15.4. The summed E-state index contributed by atoms with van der Waals surface area (Å²) in [7, 11) is 6.11. The number of esters is 1. The Balaban J connectivity index is 0.000000273. The number of fused-ring (bicyclic) bond motifs is 3. The second-order valence-electron chi connectivity index (χ2n) is 27.4. The van der Waals surface area contributed by atoms with Gasteiger partial charge < -0.3 is 78.4 Å². The average molecular weight is 1410 g/mol. The van der Waals surface area contributed by atoms with Crippen LogP contribution in [0, 0.1) is 38.5 Å². The number of carboxylic acid groups (broad SMARTS) is 1. The fourth-order valence-corrected chi connectivity index (χ4v) is 12.3. The van der Waals surface area contributed by atoms with Gasteiger partial charge in [0.05, 0.1) is 46.6 Å². The van der Waals surface area contributed by atoms with Gasteiger partial charge in [0.1, 0.15) is 71.4 Å². The summed E-state index contributed by atoms with van der Waals surface area (Å²) in [6.07, 6.45) is 0.219. The number of primary amides is 1. The van der Waals surface area contributed by atoms with Crippen LogP contribution in [0.3, 0.4) is 0 Å². The van der Waals surface area contributed by atoms with E-state index in [-0.39, 0.29) is 80.0 Å². The maximum atomic E-state index is 13.0. The van der Waals surface area contributed by atoms with Crippen molar-refractivity contribution in [2.75, 3.05) is 48.1 Å². The molecule has 3 aromatic carbocycles. The van der Waals surface area contributed by atoms with E-state index >= 15 is 0 Å². The number of nitrogens with two attached hydrogens (primary N) is 1. The number of carbonyl (C=O) groups is 6. The number of benzene rings is 3. The summed E-state index contributed by atoms with van der Waals surface area (Å²) in [5, 5.41) is 9.31. The summed E-state index contributed by atoms with van der Waals surface area (Å²) in [5.41, 5.74) is 12.4. The monoisotopic (exact) mass is 1410 g/mol. The molecule has 6 heterocycles. The van der Waals surface area contributed by atoms with E-state index in [2.05, 4.69) is 42.6 Å². The fraction of sp³-hybridized carbons (Fsp3) is 0.487. The number of rotatable bonds is 21. The summed E-state index contributed by atoms with van der Waals surface area (Å²) in [6.45, 7) is 29.1. The molecule has 0 bridgehead atoms. The predicted octanol–water partition coefficient (Wildman–Crippen LogP) is 9.91. The Bertz CT molecular complexity index is 3750. The van der Waals surface area contributed by atoms with Crippen molar-refractivity contribution in [2.24, 2.45) is 23.5 Å². The Kier molecular flexibility index (Phi) is 29.4. The van der Waals surface area contributed by atoms with Gasteiger partial charge in [-0.25, -0.2) is 24.0 Å². The van der Waals surface area contributed by atoms with Crippen LogP contribution < -0.4 is 53.0 Å². The van der Waals surface area contributed by atoms with Crippen LogP contribution in [0.2, 0.25) is 0 Å². The largest absolute Gasteiger partial charge is 1.00 e. The van der Waals surface area contributed by atoms with Crippen LogP contribution in [-0.4, -0.2) is 141 Å². The van der Waals surface area contributed by atoms with Gasteiger partial charge in [0, 0.05) is 36.7 Å². The van der Waals surface area contributed by atoms with Crippen LogP contribution in [0.4, 0.5) is 14.4 Å². The predicted molar refractivity (Wildman–Crippen MR) is 375 cm³/mol. The van der Waals surface area contributed by atoms with Gasteiger partial charge in [0.25, 0.3) is 5.91 Å². The van der Waals surface area contributed by atoms with Crippen LogP contribution in [-0.2, 0) is 72.4 Å². The van der Waals surface area contributed by atoms with Gasteiger partial charge in [-0.2, -0.15) is 0 Å². The van der Waals surface area contributed by atoms with Crippen LogP contribution in [0.25, 0.3) is 0 Å². The number of amides is 4. The van der Waals surface area contributed by atoms with Gasteiger partial charge in [-0.3, -0.25) is 19.7 Å². The van der Waals surface area contributed by atoms with Crippen molar-refractivity contribution < 1.29 is 106 Å². The third-order valence-corrected chi connectivity index (χ3v) is 17.6. The van der Waals surface area contributed by atoms with E-state index in [0.717, 1.165) is 79.0 Å². The molecule has 3 atom stereocenters. The molecule has 4 N–H and O–H groups in total. The molecule has 0 spiro atoms. The average Bonchev–Trinajstić information content (AvgIpc) is 0.790. The Labute approximate surface area is 610 Å². The number of aryl methyl sites for hydroxylation is 3. The zero-order valence-corrected chi connectivity index (χ0v) is 62.7. The fourth-order valence-electron chi connectivity index (χ4n) is 12.3. The van der Waals surface area contributed by atoms with E-state index in [1.54, 1.807) is 36.0 Å². The van der Waals surface area contributed by atoms with Gasteiger partial charge in [0.15, 0.2) is 5.60 Å². The first-order valence-corrected chi connectivity index (χ1v) is 33.5. The molecule has 0 fully saturated rings. The number of methoxy groups -OCH3 is 4. The SMILES string of the molecule is COC(=O)C(C)(C)OC(=O)N1CCc2cc(OCc3nc(C)ccc3OC)ccc2[C@@H]1C(C)C.COc1ccc(C)nc1COc1ccc2c(c1)CCN(C(=O)OC(C)(C)C(=O)O)[C@H]2C(C)C.COc1ccc(C)nc1COc1ccc2c(c1)CCN(C(=O)OC(C)(C)C(N)=O)[C@H]2C(C)C.[Li+].[OH-]. The molecule has 0 radical (unpaired) electrons. The van der Waals surface area contributed by atoms with E-state index in [1.165, 1.54) is 48.7 Å². The third kappa shape index (κ3) is 20.7. The minimum absolute atomic E-state index is 0. The molecule has 25 nitrogen and oxygen atoms in total. The first-order chi connectivity index (χ1) is 47.1. The topological polar surface area (TPSA) is 319 Å². The molecular weight excluding hydrogens is 1310 g/mol. The van der Waals surface area contributed by atoms with Gasteiger partial charge in [-0.1, -0.05) is 59.7 Å². The van der Waals surface area contributed by atoms with Crippen molar-refractivity contribution in [1.29, 1.82) is 0 Å². The number of carboxylic acids is 1. The molecule has 3 aromatic heterocycles. The quantitative estimate of drug-likeness (QED) is 0.0384. The first-order valence-electron chi connectivity index (χ1n) is 33.5. The van der Waals surface area contributed by atoms with Crippen LogP contribution in [0.15, 0.2) is 91.0 Å². The molecule has 3 aliphatic rings. The summed E-state index contributed by atoms with van der Waals surface area (Å²) < 4.78 is 55.3. The maximum Gasteiger partial charge on any atom is 1.00 e. The zero-order chi connectivity index (χ0) is 73.7. The molecule has 0 unspecified atom stereocenters. The number of pyridine rings is 3. The Hall–Kier alpha value is -9.31. The third-order valence-electron chi connectivity index (χ3n) is 17.6. The maximum absolute atomic E-state index is 13.0. The summed E-state index contributed by atoms with van der Waals surface area (Å²) in [4.78, 5) is 92.3. The standard InChI is InChI=1S/C26H34N2O6.C25H33N3O5.C25H32N2O6.Li.H2O/c1-16(2)23-20-10-9-19(33-15-21-22(31-6)11-8-17(3)27-21)14-18(20)12-13-28(23)25(30)34-26(4,5)24(29)32-7;1-15(2)22-19-9-8-18(32-14-20-21(31-6)10-7-16(3)27-20)13-17(19)11-12-28(22)24(30)33-25(4,5)23(26)29;1-15(2)22-19-9-8-18(32-14-20-21(31-6)10-7-16(3)26-20)13-17(19)11-12-27(22)24(30)33-25(4,5)23(28)29;;/h8-11,14,16,23H,12-13,15H2,1-7H3;7-10,13,15,22H,11-12,14H2,1-6H3,(H2,26,29);7-10,13,15,22H,11-12,14H2,1-6H3,(H,28,29);;1H2/q;;;+1;/p-1/t23-;2*22-;;/m000../s1. The van der Waals surface area contributed by atoms with Crippen molar-refractivity contribution in [3.05, 3.63) is 159 Å². The summed E-state index contributed by atoms with van der Waals surface area (Å²) in [5.74, 6) is 2.15. The van der Waals surface area contributed by atoms with Crippen molar-refractivity contribution in [1.82, 2.24) is 29.7 Å². The van der Waals surface area contributed by atoms with Gasteiger partial charge >= 0.3 is 49.1 Å². The van der Waals surface area contributed by atoms with Crippen molar-refractivity contribution >= 4 is 36.1 Å². The smallest absolute Gasteiger partial charge is 0.870 e. The van der Waals surface area contributed by atoms with Gasteiger partial charge in [-0.15, -0.1) is 0 Å². The molecule has 0 saturated heterocycles. The Morgan fingerprint density at radius 2 is 0.755 bits per heavy atom. The Morgan fingerprint density at radius 3 is 1.01 bits per heavy atom. The molecule has 9 rings (SSSR count). The molecule has 0 aliphatic carbocycles. The molecule has 3 aliphatic heterocycles. The van der Waals surface area contributed by atoms with E-state index in [0.29, 0.717) is 61.9 Å². The summed E-state index contributed by atoms with van der Waals surface area (Å²) >= 11 is 0. The second-order valence-corrected chi connectivity index (χ2v) is 27.4. The van der Waals surface area contributed by atoms with Gasteiger partial charge in [-0.05, 0) is 206 Å². The van der Waals surface area contributed by atoms with E-state index in [1.807, 2.05) is 126 Å². The van der Waals surface area contributed by atoms with Gasteiger partial charge in [0.2, 0.25) is 11.2 Å². The number of nitrogens with zero attached hydrogens (tertiary/aromatic N) is 6. The van der Waals surface area contributed by atoms with E-state index in [4.69, 9.17) is 53.1 Å². The number of ether oxygens (including phenoxy) is 10. The molecule has 6 aromatic rings. The molecule has 26 heteroatoms. The summed E-state index contributed by atoms with van der Waals surface area (Å²) in [6, 6.07) is 28.4. The van der Waals surface area contributed by atoms with Crippen molar-refractivity contribution in [3.8, 4) is 34.5 Å². The minimum Gasteiger partial charge on any atom is -0.870 e. The van der Waals surface area contributed by atoms with E-state index < -0.39 is 52.9 Å². The molecular formula is C76H100LiN7O18. The van der Waals surface area contributed by atoms with Crippen molar-refractivity contribution in [3.63, 3.8) is 0 Å². The molecule has 0 saturated carbocycles. The molecule has 548 valence electrons. The Morgan fingerprint density at radius 1 is 0.471 bits per heavy atom. The zero-order valence-electron chi connectivity index (χ0n) is 62.7. The van der Waals surface area contributed by atoms with Crippen LogP contribution in [0.1, 0.15) is 169 Å². The number of hydrogen-bond acceptors (Lipinski definition) is 20. The number of aliphatic carboxylic acids is 1. The second kappa shape index (κ2) is 36.0. The van der Waals surface area contributed by atoms with Crippen LogP contribution >= 0.6 is 0 Å². The first kappa shape index (κ1) is 83.3. The van der Waals surface area contributed by atoms with Crippen molar-refractivity contribution in [2.45, 2.75) is 178 Å². The number of hydrogen-bond donors (Lipinski definition) is 2.